The first-order valence-corrected chi connectivity index (χ1v) is 18.0. The van der Waals surface area contributed by atoms with E-state index in [0.717, 1.165) is 18.4 Å². The van der Waals surface area contributed by atoms with Crippen LogP contribution in [-0.4, -0.2) is 68.3 Å². The van der Waals surface area contributed by atoms with Crippen LogP contribution in [0.15, 0.2) is 53.3 Å². The molecule has 12 heteroatoms. The smallest absolute Gasteiger partial charge is 0.258 e. The number of nitrogens with zero attached hydrogens (tertiary/aromatic N) is 4. The predicted molar refractivity (Wildman–Crippen MR) is 196 cm³/mol. The van der Waals surface area contributed by atoms with Crippen LogP contribution in [0.25, 0.3) is 11.1 Å². The summed E-state index contributed by atoms with van der Waals surface area (Å²) in [6.45, 7) is 17.4. The molecule has 0 spiro atoms. The number of ether oxygens (including phenoxy) is 2. The second kappa shape index (κ2) is 15.7. The summed E-state index contributed by atoms with van der Waals surface area (Å²) in [5, 5.41) is 1.34. The lowest BCUT2D eigenvalue weighted by Gasteiger charge is -2.34. The monoisotopic (exact) mass is 780 g/mol. The number of pyridine rings is 2. The molecule has 2 aromatic heterocycles. The molecule has 1 aromatic carbocycles. The number of hydrogen-bond donors (Lipinski definition) is 0. The Morgan fingerprint density at radius 1 is 0.792 bits per heavy atom. The molecular weight excluding hydrogens is 739 g/mol. The zero-order chi connectivity index (χ0) is 35.6. The van der Waals surface area contributed by atoms with Crippen LogP contribution in [0.4, 0.5) is 0 Å². The zero-order valence-corrected chi connectivity index (χ0v) is 32.5. The third kappa shape index (κ3) is 9.09. The summed E-state index contributed by atoms with van der Waals surface area (Å²) < 4.78 is 12.3. The van der Waals surface area contributed by atoms with E-state index in [1.165, 1.54) is 12.4 Å². The molecule has 3 aromatic rings. The van der Waals surface area contributed by atoms with Crippen molar-refractivity contribution in [2.45, 2.75) is 91.8 Å². The molecule has 0 radical (unpaired) electrons. The van der Waals surface area contributed by atoms with Gasteiger partial charge in [-0.3, -0.25) is 9.59 Å². The first-order chi connectivity index (χ1) is 22.4. The van der Waals surface area contributed by atoms with Gasteiger partial charge in [-0.05, 0) is 98.1 Å². The van der Waals surface area contributed by atoms with E-state index in [0.29, 0.717) is 61.5 Å². The highest BCUT2D eigenvalue weighted by Crippen LogP contribution is 2.35. The number of rotatable bonds is 7. The van der Waals surface area contributed by atoms with E-state index in [1.54, 1.807) is 24.3 Å². The molecular formula is C36H44BrCl3N4O4. The van der Waals surface area contributed by atoms with E-state index in [1.807, 2.05) is 49.6 Å². The molecule has 2 fully saturated rings. The SMILES string of the molecule is CC(C)C[C@@H]1COC(C)(C)N1C(=O)c1cnc(Cl)c(-c2ccc(Cl)cc2)c1.CC(C)C[C@@H]1COC(C)(C)N1C(=O)c1cnc(Cl)c(Br)c1. The van der Waals surface area contributed by atoms with Gasteiger partial charge < -0.3 is 19.3 Å². The summed E-state index contributed by atoms with van der Waals surface area (Å²) in [5.74, 6) is 0.796. The Morgan fingerprint density at radius 2 is 1.23 bits per heavy atom. The zero-order valence-electron chi connectivity index (χ0n) is 28.7. The van der Waals surface area contributed by atoms with Crippen molar-refractivity contribution in [1.29, 1.82) is 0 Å². The molecule has 2 aliphatic heterocycles. The van der Waals surface area contributed by atoms with Crippen molar-refractivity contribution >= 4 is 62.5 Å². The van der Waals surface area contributed by atoms with Crippen LogP contribution >= 0.6 is 50.7 Å². The maximum atomic E-state index is 13.3. The van der Waals surface area contributed by atoms with E-state index in [4.69, 9.17) is 44.3 Å². The highest BCUT2D eigenvalue weighted by molar-refractivity contribution is 9.10. The van der Waals surface area contributed by atoms with Gasteiger partial charge in [0.15, 0.2) is 0 Å². The topological polar surface area (TPSA) is 84.9 Å². The summed E-state index contributed by atoms with van der Waals surface area (Å²) in [6, 6.07) is 10.9. The first-order valence-electron chi connectivity index (χ1n) is 16.1. The predicted octanol–water partition coefficient (Wildman–Crippen LogP) is 9.80. The number of aromatic nitrogens is 2. The Labute approximate surface area is 307 Å². The highest BCUT2D eigenvalue weighted by atomic mass is 79.9. The first kappa shape index (κ1) is 38.5. The van der Waals surface area contributed by atoms with Gasteiger partial charge in [0.2, 0.25) is 0 Å². The van der Waals surface area contributed by atoms with Crippen LogP contribution in [0.5, 0.6) is 0 Å². The quantitative estimate of drug-likeness (QED) is 0.222. The molecule has 2 amide bonds. The molecule has 48 heavy (non-hydrogen) atoms. The van der Waals surface area contributed by atoms with Crippen LogP contribution < -0.4 is 0 Å². The van der Waals surface area contributed by atoms with E-state index >= 15 is 0 Å². The Bertz CT molecular complexity index is 1620. The van der Waals surface area contributed by atoms with Gasteiger partial charge in [0.25, 0.3) is 11.8 Å². The van der Waals surface area contributed by atoms with Crippen LogP contribution in [0.2, 0.25) is 15.3 Å². The molecule has 5 rings (SSSR count). The Balaban J connectivity index is 0.000000224. The Morgan fingerprint density at radius 3 is 1.67 bits per heavy atom. The van der Waals surface area contributed by atoms with Gasteiger partial charge in [0.1, 0.15) is 21.8 Å². The highest BCUT2D eigenvalue weighted by Gasteiger charge is 2.45. The molecule has 260 valence electrons. The molecule has 2 atom stereocenters. The number of halogens is 4. The summed E-state index contributed by atoms with van der Waals surface area (Å²) in [4.78, 5) is 38.1. The number of amides is 2. The fraction of sp³-hybridized carbons (Fsp3) is 0.500. The third-order valence-electron chi connectivity index (χ3n) is 8.36. The number of hydrogen-bond acceptors (Lipinski definition) is 6. The van der Waals surface area contributed by atoms with Crippen molar-refractivity contribution in [3.63, 3.8) is 0 Å². The number of carbonyl (C=O) groups excluding carboxylic acids is 2. The molecule has 4 heterocycles. The lowest BCUT2D eigenvalue weighted by Crippen LogP contribution is -2.48. The van der Waals surface area contributed by atoms with Crippen molar-refractivity contribution < 1.29 is 19.1 Å². The van der Waals surface area contributed by atoms with Gasteiger partial charge in [0.05, 0.1) is 40.9 Å². The van der Waals surface area contributed by atoms with Crippen LogP contribution in [0.3, 0.4) is 0 Å². The van der Waals surface area contributed by atoms with Gasteiger partial charge in [0, 0.05) is 23.0 Å². The number of carbonyl (C=O) groups is 2. The van der Waals surface area contributed by atoms with E-state index in [9.17, 15) is 9.59 Å². The standard InChI is InChI=1S/C21H24Cl2N2O2.C15H20BrClN2O2/c1-13(2)9-17-12-27-21(3,4)25(17)20(26)15-10-18(19(23)24-11-15)14-5-7-16(22)8-6-14;1-9(2)5-11-8-21-15(3,4)19(11)14(20)10-6-12(16)13(17)18-7-10/h5-8,10-11,13,17H,9,12H2,1-4H3;6-7,9,11H,5,8H2,1-4H3/t17-;11-/m11/s1. The molecule has 0 unspecified atom stereocenters. The van der Waals surface area contributed by atoms with Gasteiger partial charge in [-0.25, -0.2) is 9.97 Å². The summed E-state index contributed by atoms with van der Waals surface area (Å²) in [7, 11) is 0. The van der Waals surface area contributed by atoms with Crippen LogP contribution in [0, 0.1) is 11.8 Å². The maximum absolute atomic E-state index is 13.3. The van der Waals surface area contributed by atoms with Crippen molar-refractivity contribution in [2.24, 2.45) is 11.8 Å². The molecule has 0 N–H and O–H groups in total. The van der Waals surface area contributed by atoms with Gasteiger partial charge >= 0.3 is 0 Å². The molecule has 0 saturated carbocycles. The Kier molecular flexibility index (Phi) is 12.6. The second-order valence-electron chi connectivity index (χ2n) is 14.0. The van der Waals surface area contributed by atoms with E-state index < -0.39 is 11.4 Å². The van der Waals surface area contributed by atoms with Crippen LogP contribution in [-0.2, 0) is 9.47 Å². The average molecular weight is 783 g/mol. The summed E-state index contributed by atoms with van der Waals surface area (Å²) in [5.41, 5.74) is 1.31. The minimum atomic E-state index is -0.656. The maximum Gasteiger partial charge on any atom is 0.258 e. The molecule has 2 saturated heterocycles. The fourth-order valence-electron chi connectivity index (χ4n) is 6.24. The van der Waals surface area contributed by atoms with Crippen molar-refractivity contribution in [1.82, 2.24) is 19.8 Å². The molecule has 0 aliphatic carbocycles. The van der Waals surface area contributed by atoms with E-state index in [2.05, 4.69) is 53.6 Å². The normalized spacial score (nSPS) is 19.9. The molecule has 2 aliphatic rings. The number of benzene rings is 1. The van der Waals surface area contributed by atoms with Crippen LogP contribution in [0.1, 0.15) is 88.9 Å². The lowest BCUT2D eigenvalue weighted by atomic mass is 10.0. The van der Waals surface area contributed by atoms with Crippen molar-refractivity contribution in [2.75, 3.05) is 13.2 Å². The van der Waals surface area contributed by atoms with Crippen molar-refractivity contribution in [3.05, 3.63) is 79.7 Å². The van der Waals surface area contributed by atoms with Gasteiger partial charge in [-0.15, -0.1) is 0 Å². The Hall–Kier alpha value is -2.27. The second-order valence-corrected chi connectivity index (χ2v) is 16.0. The van der Waals surface area contributed by atoms with Crippen molar-refractivity contribution in [3.8, 4) is 11.1 Å². The molecule has 0 bridgehead atoms. The van der Waals surface area contributed by atoms with E-state index in [-0.39, 0.29) is 23.9 Å². The summed E-state index contributed by atoms with van der Waals surface area (Å²) in [6.07, 6.45) is 4.85. The minimum Gasteiger partial charge on any atom is -0.354 e. The summed E-state index contributed by atoms with van der Waals surface area (Å²) >= 11 is 21.5. The average Bonchev–Trinajstić information content (AvgIpc) is 3.46. The lowest BCUT2D eigenvalue weighted by molar-refractivity contribution is -0.0413. The largest absolute Gasteiger partial charge is 0.354 e. The van der Waals surface area contributed by atoms with Gasteiger partial charge in [-0.2, -0.15) is 0 Å². The third-order valence-corrected chi connectivity index (χ3v) is 10.0. The fourth-order valence-corrected chi connectivity index (χ4v) is 7.03. The minimum absolute atomic E-state index is 0.0437. The molecule has 8 nitrogen and oxygen atoms in total. The van der Waals surface area contributed by atoms with Gasteiger partial charge in [-0.1, -0.05) is 74.6 Å².